The van der Waals surface area contributed by atoms with Crippen molar-refractivity contribution < 1.29 is 18.5 Å². The van der Waals surface area contributed by atoms with Gasteiger partial charge >= 0.3 is 0 Å². The van der Waals surface area contributed by atoms with Crippen LogP contribution >= 0.6 is 0 Å². The number of nitrogens with one attached hydrogen (secondary N) is 1. The van der Waals surface area contributed by atoms with Gasteiger partial charge in [0.1, 0.15) is 5.82 Å². The number of likely N-dealkylation sites (tertiary alicyclic amines) is 1. The summed E-state index contributed by atoms with van der Waals surface area (Å²) in [6.45, 7) is 2.59. The lowest BCUT2D eigenvalue weighted by Crippen LogP contribution is -2.28. The Morgan fingerprint density at radius 2 is 1.83 bits per heavy atom. The van der Waals surface area contributed by atoms with E-state index in [9.17, 15) is 14.0 Å². The number of anilines is 1. The van der Waals surface area contributed by atoms with Gasteiger partial charge in [0.2, 0.25) is 17.6 Å². The van der Waals surface area contributed by atoms with Crippen molar-refractivity contribution >= 4 is 17.5 Å². The molecule has 5 rings (SSSR count). The lowest BCUT2D eigenvalue weighted by atomic mass is 10.1. The Morgan fingerprint density at radius 1 is 1.09 bits per heavy atom. The van der Waals surface area contributed by atoms with Crippen LogP contribution in [0.5, 0.6) is 0 Å². The van der Waals surface area contributed by atoms with E-state index in [0.29, 0.717) is 29.5 Å². The van der Waals surface area contributed by atoms with Gasteiger partial charge in [-0.15, -0.1) is 0 Å². The molecule has 2 amide bonds. The van der Waals surface area contributed by atoms with E-state index in [4.69, 9.17) is 4.52 Å². The number of hydrogen-bond acceptors (Lipinski definition) is 5. The van der Waals surface area contributed by atoms with E-state index in [-0.39, 0.29) is 30.6 Å². The minimum Gasteiger partial charge on any atom is -0.338 e. The van der Waals surface area contributed by atoms with Gasteiger partial charge in [-0.05, 0) is 48.9 Å². The predicted molar refractivity (Wildman–Crippen MR) is 128 cm³/mol. The molecule has 176 valence electrons. The highest BCUT2D eigenvalue weighted by molar-refractivity contribution is 5.97. The number of amides is 2. The summed E-state index contributed by atoms with van der Waals surface area (Å²) in [4.78, 5) is 31.2. The van der Waals surface area contributed by atoms with Crippen LogP contribution in [0.3, 0.4) is 0 Å². The first kappa shape index (κ1) is 22.5. The third kappa shape index (κ3) is 5.11. The van der Waals surface area contributed by atoms with E-state index in [1.165, 1.54) is 12.1 Å². The minimum absolute atomic E-state index is 0.120. The van der Waals surface area contributed by atoms with Gasteiger partial charge in [-0.1, -0.05) is 47.1 Å². The second-order valence-corrected chi connectivity index (χ2v) is 8.66. The highest BCUT2D eigenvalue weighted by atomic mass is 19.1. The number of hydrogen-bond donors (Lipinski definition) is 1. The number of carbonyl (C=O) groups is 2. The second-order valence-electron chi connectivity index (χ2n) is 8.66. The highest BCUT2D eigenvalue weighted by Gasteiger charge is 2.34. The zero-order chi connectivity index (χ0) is 24.4. The average molecular weight is 471 g/mol. The fraction of sp³-hybridized carbons (Fsp3) is 0.185. The van der Waals surface area contributed by atoms with Crippen molar-refractivity contribution in [2.45, 2.75) is 19.9 Å². The number of benzene rings is 3. The summed E-state index contributed by atoms with van der Waals surface area (Å²) in [5.74, 6) is -0.278. The maximum atomic E-state index is 13.4. The molecule has 1 fully saturated rings. The molecule has 1 N–H and O–H groups in total. The van der Waals surface area contributed by atoms with Crippen molar-refractivity contribution in [3.05, 3.63) is 89.7 Å². The van der Waals surface area contributed by atoms with E-state index < -0.39 is 5.92 Å². The first-order chi connectivity index (χ1) is 16.9. The van der Waals surface area contributed by atoms with Crippen LogP contribution in [0.1, 0.15) is 17.5 Å². The molecule has 35 heavy (non-hydrogen) atoms. The molecular formula is C27H23FN4O3. The molecule has 7 nitrogen and oxygen atoms in total. The Balaban J connectivity index is 1.20. The molecule has 0 aliphatic carbocycles. The Labute approximate surface area is 201 Å². The molecule has 3 aromatic carbocycles. The highest BCUT2D eigenvalue weighted by Crippen LogP contribution is 2.25. The van der Waals surface area contributed by atoms with Gasteiger partial charge < -0.3 is 14.7 Å². The smallest absolute Gasteiger partial charge is 0.258 e. The van der Waals surface area contributed by atoms with Gasteiger partial charge in [-0.2, -0.15) is 4.98 Å². The Kier molecular flexibility index (Phi) is 6.10. The Bertz CT molecular complexity index is 1370. The Morgan fingerprint density at radius 3 is 2.57 bits per heavy atom. The van der Waals surface area contributed by atoms with Gasteiger partial charge in [-0.3, -0.25) is 9.59 Å². The minimum atomic E-state index is -0.469. The number of nitrogens with zero attached hydrogens (tertiary/aromatic N) is 3. The standard InChI is InChI=1S/C27H23FN4O3/c1-17-5-7-19(8-6-17)25-30-27(35-31-25)20-9-11-23(12-10-20)29-26(34)21-14-24(33)32(16-21)15-18-3-2-4-22(28)13-18/h2-13,21H,14-16H2,1H3,(H,29,34). The third-order valence-electron chi connectivity index (χ3n) is 5.98. The van der Waals surface area contributed by atoms with Crippen LogP contribution in [0.4, 0.5) is 10.1 Å². The van der Waals surface area contributed by atoms with E-state index in [0.717, 1.165) is 16.7 Å². The van der Waals surface area contributed by atoms with Gasteiger partial charge in [0.05, 0.1) is 5.92 Å². The van der Waals surface area contributed by atoms with Gasteiger partial charge in [-0.25, -0.2) is 4.39 Å². The quantitative estimate of drug-likeness (QED) is 0.436. The van der Waals surface area contributed by atoms with Crippen LogP contribution < -0.4 is 5.32 Å². The molecular weight excluding hydrogens is 447 g/mol. The molecule has 0 bridgehead atoms. The second kappa shape index (κ2) is 9.50. The van der Waals surface area contributed by atoms with E-state index in [1.54, 1.807) is 41.3 Å². The summed E-state index contributed by atoms with van der Waals surface area (Å²) in [5.41, 5.74) is 4.05. The maximum absolute atomic E-state index is 13.4. The lowest BCUT2D eigenvalue weighted by molar-refractivity contribution is -0.128. The number of rotatable bonds is 6. The zero-order valence-electron chi connectivity index (χ0n) is 19.1. The number of aromatic nitrogens is 2. The van der Waals surface area contributed by atoms with Crippen LogP contribution in [0, 0.1) is 18.7 Å². The molecule has 1 unspecified atom stereocenters. The van der Waals surface area contributed by atoms with Crippen molar-refractivity contribution in [1.82, 2.24) is 15.0 Å². The molecule has 4 aromatic rings. The van der Waals surface area contributed by atoms with Crippen LogP contribution in [0.25, 0.3) is 22.8 Å². The van der Waals surface area contributed by atoms with E-state index in [2.05, 4.69) is 15.5 Å². The summed E-state index contributed by atoms with van der Waals surface area (Å²) in [6, 6.07) is 21.1. The first-order valence-corrected chi connectivity index (χ1v) is 11.3. The summed E-state index contributed by atoms with van der Waals surface area (Å²) < 4.78 is 18.8. The molecule has 1 atom stereocenters. The molecule has 2 heterocycles. The maximum Gasteiger partial charge on any atom is 0.258 e. The first-order valence-electron chi connectivity index (χ1n) is 11.3. The monoisotopic (exact) mass is 470 g/mol. The molecule has 1 saturated heterocycles. The lowest BCUT2D eigenvalue weighted by Gasteiger charge is -2.16. The van der Waals surface area contributed by atoms with Crippen LogP contribution in [0.15, 0.2) is 77.3 Å². The third-order valence-corrected chi connectivity index (χ3v) is 5.98. The summed E-state index contributed by atoms with van der Waals surface area (Å²) in [6.07, 6.45) is 0.128. The molecule has 1 aliphatic heterocycles. The van der Waals surface area contributed by atoms with Gasteiger partial charge in [0.15, 0.2) is 0 Å². The molecule has 1 aliphatic rings. The molecule has 8 heteroatoms. The Hall–Kier alpha value is -4.33. The number of aryl methyl sites for hydroxylation is 1. The van der Waals surface area contributed by atoms with Crippen LogP contribution in [-0.2, 0) is 16.1 Å². The van der Waals surface area contributed by atoms with Crippen molar-refractivity contribution in [3.8, 4) is 22.8 Å². The van der Waals surface area contributed by atoms with E-state index in [1.807, 2.05) is 31.2 Å². The predicted octanol–water partition coefficient (Wildman–Crippen LogP) is 4.84. The number of carbonyl (C=O) groups excluding carboxylic acids is 2. The average Bonchev–Trinajstić information content (AvgIpc) is 3.48. The topological polar surface area (TPSA) is 88.3 Å². The SMILES string of the molecule is Cc1ccc(-c2noc(-c3ccc(NC(=O)C4CC(=O)N(Cc5cccc(F)c5)C4)cc3)n2)cc1. The summed E-state index contributed by atoms with van der Waals surface area (Å²) in [7, 11) is 0. The summed E-state index contributed by atoms with van der Waals surface area (Å²) >= 11 is 0. The van der Waals surface area contributed by atoms with E-state index >= 15 is 0 Å². The van der Waals surface area contributed by atoms with Crippen molar-refractivity contribution in [2.24, 2.45) is 5.92 Å². The molecule has 0 radical (unpaired) electrons. The zero-order valence-corrected chi connectivity index (χ0v) is 19.1. The fourth-order valence-corrected chi connectivity index (χ4v) is 4.06. The number of halogens is 1. The van der Waals surface area contributed by atoms with Crippen molar-refractivity contribution in [1.29, 1.82) is 0 Å². The van der Waals surface area contributed by atoms with Gasteiger partial charge in [0, 0.05) is 36.3 Å². The van der Waals surface area contributed by atoms with Crippen LogP contribution in [0.2, 0.25) is 0 Å². The fourth-order valence-electron chi connectivity index (χ4n) is 4.06. The summed E-state index contributed by atoms with van der Waals surface area (Å²) in [5, 5.41) is 6.92. The van der Waals surface area contributed by atoms with Crippen LogP contribution in [-0.4, -0.2) is 33.4 Å². The largest absolute Gasteiger partial charge is 0.338 e. The molecule has 0 spiro atoms. The normalized spacial score (nSPS) is 15.4. The van der Waals surface area contributed by atoms with Crippen molar-refractivity contribution in [2.75, 3.05) is 11.9 Å². The van der Waals surface area contributed by atoms with Gasteiger partial charge in [0.25, 0.3) is 5.89 Å². The van der Waals surface area contributed by atoms with Crippen molar-refractivity contribution in [3.63, 3.8) is 0 Å². The molecule has 0 saturated carbocycles. The molecule has 1 aromatic heterocycles.